The molecule has 0 aromatic heterocycles. The van der Waals surface area contributed by atoms with E-state index in [2.05, 4.69) is 4.99 Å². The minimum atomic E-state index is -0.0436. The highest BCUT2D eigenvalue weighted by Crippen LogP contribution is 2.24. The van der Waals surface area contributed by atoms with Crippen LogP contribution in [0.5, 0.6) is 11.5 Å². The number of hydrogen-bond donors (Lipinski definition) is 3. The Hall–Kier alpha value is -1.95. The van der Waals surface area contributed by atoms with Crippen molar-refractivity contribution in [2.24, 2.45) is 10.7 Å². The van der Waals surface area contributed by atoms with Crippen molar-refractivity contribution in [3.63, 3.8) is 0 Å². The number of rotatable bonds is 4. The number of ether oxygens (including phenoxy) is 2. The van der Waals surface area contributed by atoms with Crippen molar-refractivity contribution >= 4 is 5.96 Å². The van der Waals surface area contributed by atoms with Crippen molar-refractivity contribution in [1.82, 2.24) is 5.48 Å². The van der Waals surface area contributed by atoms with E-state index in [9.17, 15) is 0 Å². The van der Waals surface area contributed by atoms with Gasteiger partial charge in [0.05, 0.1) is 20.8 Å². The summed E-state index contributed by atoms with van der Waals surface area (Å²) in [6, 6.07) is 5.38. The summed E-state index contributed by atoms with van der Waals surface area (Å²) in [6.45, 7) is 0.312. The number of nitrogens with two attached hydrogens (primary N) is 1. The molecule has 0 bridgehead atoms. The Morgan fingerprint density at radius 1 is 1.44 bits per heavy atom. The van der Waals surface area contributed by atoms with Crippen molar-refractivity contribution in [3.05, 3.63) is 23.8 Å². The van der Waals surface area contributed by atoms with E-state index in [1.165, 1.54) is 0 Å². The Labute approximate surface area is 93.7 Å². The predicted molar refractivity (Wildman–Crippen MR) is 59.8 cm³/mol. The molecule has 0 spiro atoms. The highest BCUT2D eigenvalue weighted by atomic mass is 16.5. The first-order valence-electron chi connectivity index (χ1n) is 4.62. The van der Waals surface area contributed by atoms with Crippen LogP contribution >= 0.6 is 0 Å². The first-order valence-corrected chi connectivity index (χ1v) is 4.62. The molecule has 1 aromatic carbocycles. The predicted octanol–water partition coefficient (Wildman–Crippen LogP) is 0.497. The molecule has 0 unspecified atom stereocenters. The molecule has 0 amide bonds. The number of hydroxylamine groups is 1. The van der Waals surface area contributed by atoms with Crippen LogP contribution in [0.1, 0.15) is 5.56 Å². The van der Waals surface area contributed by atoms with Crippen LogP contribution in [0.4, 0.5) is 0 Å². The van der Waals surface area contributed by atoms with Crippen LogP contribution in [-0.2, 0) is 6.54 Å². The molecule has 88 valence electrons. The molecule has 6 heteroatoms. The average molecular weight is 225 g/mol. The highest BCUT2D eigenvalue weighted by molar-refractivity contribution is 5.76. The van der Waals surface area contributed by atoms with Crippen molar-refractivity contribution in [2.45, 2.75) is 6.54 Å². The largest absolute Gasteiger partial charge is 0.497 e. The van der Waals surface area contributed by atoms with Crippen LogP contribution in [0.25, 0.3) is 0 Å². The quantitative estimate of drug-likeness (QED) is 0.394. The molecule has 4 N–H and O–H groups in total. The zero-order chi connectivity index (χ0) is 12.0. The van der Waals surface area contributed by atoms with Crippen molar-refractivity contribution in [1.29, 1.82) is 0 Å². The Morgan fingerprint density at radius 3 is 2.75 bits per heavy atom. The van der Waals surface area contributed by atoms with Gasteiger partial charge in [-0.05, 0) is 12.1 Å². The Balaban J connectivity index is 2.87. The van der Waals surface area contributed by atoms with Crippen LogP contribution in [0, 0.1) is 0 Å². The van der Waals surface area contributed by atoms with Gasteiger partial charge in [0.2, 0.25) is 5.96 Å². The maximum atomic E-state index is 8.46. The van der Waals surface area contributed by atoms with Gasteiger partial charge in [-0.1, -0.05) is 0 Å². The number of guanidine groups is 1. The number of nitrogens with one attached hydrogen (secondary N) is 1. The number of aliphatic imine (C=N–C) groups is 1. The minimum absolute atomic E-state index is 0.0436. The van der Waals surface area contributed by atoms with Gasteiger partial charge in [0, 0.05) is 11.6 Å². The normalized spacial score (nSPS) is 11.1. The molecule has 0 saturated heterocycles. The van der Waals surface area contributed by atoms with Gasteiger partial charge in [-0.2, -0.15) is 0 Å². The van der Waals surface area contributed by atoms with E-state index in [1.54, 1.807) is 31.8 Å². The van der Waals surface area contributed by atoms with Gasteiger partial charge in [-0.3, -0.25) is 5.21 Å². The molecule has 0 saturated carbocycles. The van der Waals surface area contributed by atoms with Crippen molar-refractivity contribution < 1.29 is 14.7 Å². The van der Waals surface area contributed by atoms with Crippen molar-refractivity contribution in [3.8, 4) is 11.5 Å². The van der Waals surface area contributed by atoms with E-state index in [0.29, 0.717) is 18.0 Å². The Morgan fingerprint density at radius 2 is 2.19 bits per heavy atom. The summed E-state index contributed by atoms with van der Waals surface area (Å²) in [6.07, 6.45) is 0. The molecule has 0 atom stereocenters. The summed E-state index contributed by atoms with van der Waals surface area (Å²) >= 11 is 0. The van der Waals surface area contributed by atoms with Gasteiger partial charge in [0.15, 0.2) is 0 Å². The minimum Gasteiger partial charge on any atom is -0.497 e. The molecule has 0 aliphatic heterocycles. The average Bonchev–Trinajstić information content (AvgIpc) is 2.35. The first kappa shape index (κ1) is 12.1. The molecule has 0 fully saturated rings. The van der Waals surface area contributed by atoms with E-state index < -0.39 is 0 Å². The lowest BCUT2D eigenvalue weighted by atomic mass is 10.2. The molecule has 16 heavy (non-hydrogen) atoms. The fourth-order valence-electron chi connectivity index (χ4n) is 1.19. The van der Waals surface area contributed by atoms with Crippen molar-refractivity contribution in [2.75, 3.05) is 14.2 Å². The summed E-state index contributed by atoms with van der Waals surface area (Å²) in [5.74, 6) is 1.32. The van der Waals surface area contributed by atoms with Crippen LogP contribution in [-0.4, -0.2) is 25.4 Å². The number of methoxy groups -OCH3 is 2. The van der Waals surface area contributed by atoms with Crippen LogP contribution in [0.15, 0.2) is 23.2 Å². The van der Waals surface area contributed by atoms with Gasteiger partial charge in [0.1, 0.15) is 11.5 Å². The standard InChI is InChI=1S/C10H15N3O3/c1-15-8-4-3-7(9(5-8)16-2)6-12-10(11)13-14/h3-5,14H,6H2,1-2H3,(H3,11,12,13). The maximum absolute atomic E-state index is 8.46. The smallest absolute Gasteiger partial charge is 0.213 e. The first-order chi connectivity index (χ1) is 7.71. The molecular formula is C10H15N3O3. The lowest BCUT2D eigenvalue weighted by Crippen LogP contribution is -2.28. The van der Waals surface area contributed by atoms with Gasteiger partial charge in [-0.25, -0.2) is 10.5 Å². The fourth-order valence-corrected chi connectivity index (χ4v) is 1.19. The summed E-state index contributed by atoms with van der Waals surface area (Å²) in [5, 5.41) is 8.46. The summed E-state index contributed by atoms with van der Waals surface area (Å²) in [7, 11) is 3.15. The second-order valence-electron chi connectivity index (χ2n) is 2.99. The zero-order valence-corrected chi connectivity index (χ0v) is 9.23. The highest BCUT2D eigenvalue weighted by Gasteiger charge is 2.04. The third kappa shape index (κ3) is 3.03. The molecule has 0 heterocycles. The van der Waals surface area contributed by atoms with Crippen LogP contribution in [0.3, 0.4) is 0 Å². The third-order valence-corrected chi connectivity index (χ3v) is 2.03. The molecule has 0 radical (unpaired) electrons. The SMILES string of the molecule is COc1ccc(CN=C(N)NO)c(OC)c1. The summed E-state index contributed by atoms with van der Waals surface area (Å²) < 4.78 is 10.2. The number of hydrogen-bond acceptors (Lipinski definition) is 4. The summed E-state index contributed by atoms with van der Waals surface area (Å²) in [5.41, 5.74) is 7.90. The van der Waals surface area contributed by atoms with Gasteiger partial charge < -0.3 is 15.2 Å². The van der Waals surface area contributed by atoms with Gasteiger partial charge in [-0.15, -0.1) is 0 Å². The Bertz CT molecular complexity index is 380. The summed E-state index contributed by atoms with van der Waals surface area (Å²) in [4.78, 5) is 3.89. The molecule has 1 aromatic rings. The lowest BCUT2D eigenvalue weighted by molar-refractivity contribution is 0.232. The van der Waals surface area contributed by atoms with Crippen LogP contribution < -0.4 is 20.7 Å². The Kier molecular flexibility index (Phi) is 4.41. The molecule has 6 nitrogen and oxygen atoms in total. The van der Waals surface area contributed by atoms with Gasteiger partial charge in [0.25, 0.3) is 0 Å². The van der Waals surface area contributed by atoms with E-state index in [4.69, 9.17) is 20.4 Å². The number of nitrogens with zero attached hydrogens (tertiary/aromatic N) is 1. The number of benzene rings is 1. The molecule has 0 aliphatic carbocycles. The van der Waals surface area contributed by atoms with E-state index in [0.717, 1.165) is 5.56 Å². The second kappa shape index (κ2) is 5.82. The topological polar surface area (TPSA) is 89.1 Å². The third-order valence-electron chi connectivity index (χ3n) is 2.03. The molecule has 0 aliphatic rings. The second-order valence-corrected chi connectivity index (χ2v) is 2.99. The van der Waals surface area contributed by atoms with Crippen LogP contribution in [0.2, 0.25) is 0 Å². The molecular weight excluding hydrogens is 210 g/mol. The fraction of sp³-hybridized carbons (Fsp3) is 0.300. The molecule has 1 rings (SSSR count). The monoisotopic (exact) mass is 225 g/mol. The maximum Gasteiger partial charge on any atom is 0.213 e. The van der Waals surface area contributed by atoms with E-state index in [1.807, 2.05) is 6.07 Å². The van der Waals surface area contributed by atoms with Gasteiger partial charge >= 0.3 is 0 Å². The zero-order valence-electron chi connectivity index (χ0n) is 9.23. The van der Waals surface area contributed by atoms with E-state index >= 15 is 0 Å². The lowest BCUT2D eigenvalue weighted by Gasteiger charge is -2.08. The van der Waals surface area contributed by atoms with E-state index in [-0.39, 0.29) is 5.96 Å².